The lowest BCUT2D eigenvalue weighted by Gasteiger charge is -2.12. The molecule has 0 atom stereocenters. The number of hydrogen-bond acceptors (Lipinski definition) is 1. The van der Waals surface area contributed by atoms with Crippen LogP contribution in [-0.2, 0) is 12.8 Å². The zero-order valence-electron chi connectivity index (χ0n) is 11.6. The predicted molar refractivity (Wildman–Crippen MR) is 85.9 cm³/mol. The molecule has 1 aliphatic rings. The largest absolute Gasteiger partial charge is 0.399 e. The summed E-state index contributed by atoms with van der Waals surface area (Å²) < 4.78 is 0. The van der Waals surface area contributed by atoms with E-state index in [9.17, 15) is 0 Å². The van der Waals surface area contributed by atoms with Gasteiger partial charge in [-0.2, -0.15) is 0 Å². The second-order valence-electron chi connectivity index (χ2n) is 5.69. The molecule has 3 aromatic carbocycles. The van der Waals surface area contributed by atoms with Crippen molar-refractivity contribution in [3.05, 3.63) is 65.2 Å². The summed E-state index contributed by atoms with van der Waals surface area (Å²) in [7, 11) is 0. The van der Waals surface area contributed by atoms with Crippen LogP contribution in [0.3, 0.4) is 0 Å². The van der Waals surface area contributed by atoms with Gasteiger partial charge in [0.1, 0.15) is 0 Å². The molecule has 0 fully saturated rings. The standard InChI is InChI=1S/C19H17N/c1-12-11-15(20)8-10-16(12)17-9-7-14-6-5-13-3-2-4-18(17)19(13)14/h2-4,7-11H,5-6,20H2,1H3. The first-order valence-electron chi connectivity index (χ1n) is 7.14. The zero-order chi connectivity index (χ0) is 13.7. The number of rotatable bonds is 1. The number of anilines is 1. The summed E-state index contributed by atoms with van der Waals surface area (Å²) in [6, 6.07) is 17.4. The van der Waals surface area contributed by atoms with Gasteiger partial charge in [-0.3, -0.25) is 0 Å². The van der Waals surface area contributed by atoms with Crippen LogP contribution in [0.5, 0.6) is 0 Å². The van der Waals surface area contributed by atoms with E-state index in [0.29, 0.717) is 0 Å². The third-order valence-corrected chi connectivity index (χ3v) is 4.42. The highest BCUT2D eigenvalue weighted by Gasteiger charge is 2.16. The van der Waals surface area contributed by atoms with Gasteiger partial charge in [0.25, 0.3) is 0 Å². The Morgan fingerprint density at radius 1 is 0.850 bits per heavy atom. The van der Waals surface area contributed by atoms with E-state index in [0.717, 1.165) is 5.69 Å². The molecule has 0 unspecified atom stereocenters. The maximum Gasteiger partial charge on any atom is 0.0317 e. The third-order valence-electron chi connectivity index (χ3n) is 4.42. The van der Waals surface area contributed by atoms with Gasteiger partial charge in [-0.05, 0) is 70.5 Å². The second-order valence-corrected chi connectivity index (χ2v) is 5.69. The summed E-state index contributed by atoms with van der Waals surface area (Å²) in [6.45, 7) is 2.13. The average Bonchev–Trinajstić information content (AvgIpc) is 2.86. The summed E-state index contributed by atoms with van der Waals surface area (Å²) in [5, 5.41) is 2.85. The molecular weight excluding hydrogens is 242 g/mol. The quantitative estimate of drug-likeness (QED) is 0.640. The smallest absolute Gasteiger partial charge is 0.0317 e. The highest BCUT2D eigenvalue weighted by atomic mass is 14.5. The van der Waals surface area contributed by atoms with E-state index in [-0.39, 0.29) is 0 Å². The molecule has 0 spiro atoms. The van der Waals surface area contributed by atoms with Crippen LogP contribution in [-0.4, -0.2) is 0 Å². The van der Waals surface area contributed by atoms with Crippen LogP contribution in [0.4, 0.5) is 5.69 Å². The lowest BCUT2D eigenvalue weighted by Crippen LogP contribution is -1.90. The minimum absolute atomic E-state index is 0.831. The van der Waals surface area contributed by atoms with Crippen LogP contribution in [0.2, 0.25) is 0 Å². The molecule has 0 bridgehead atoms. The zero-order valence-corrected chi connectivity index (χ0v) is 11.6. The number of nitrogens with two attached hydrogens (primary N) is 1. The fourth-order valence-electron chi connectivity index (χ4n) is 3.47. The molecule has 0 aliphatic heterocycles. The van der Waals surface area contributed by atoms with E-state index in [1.165, 1.54) is 51.4 Å². The Balaban J connectivity index is 2.06. The lowest BCUT2D eigenvalue weighted by atomic mass is 9.93. The molecule has 0 saturated carbocycles. The van der Waals surface area contributed by atoms with E-state index >= 15 is 0 Å². The van der Waals surface area contributed by atoms with Gasteiger partial charge < -0.3 is 5.73 Å². The Bertz CT molecular complexity index is 820. The molecule has 0 aromatic heterocycles. The van der Waals surface area contributed by atoms with Gasteiger partial charge in [0.05, 0.1) is 0 Å². The maximum atomic E-state index is 5.88. The Hall–Kier alpha value is -2.28. The third kappa shape index (κ3) is 1.56. The number of nitrogen functional groups attached to an aromatic ring is 1. The van der Waals surface area contributed by atoms with Crippen molar-refractivity contribution in [3.8, 4) is 11.1 Å². The maximum absolute atomic E-state index is 5.88. The van der Waals surface area contributed by atoms with E-state index in [2.05, 4.69) is 49.4 Å². The molecule has 0 amide bonds. The minimum Gasteiger partial charge on any atom is -0.399 e. The van der Waals surface area contributed by atoms with E-state index in [1.54, 1.807) is 0 Å². The highest BCUT2D eigenvalue weighted by Crippen LogP contribution is 2.38. The first-order chi connectivity index (χ1) is 9.74. The first kappa shape index (κ1) is 11.5. The van der Waals surface area contributed by atoms with Gasteiger partial charge in [0, 0.05) is 5.69 Å². The van der Waals surface area contributed by atoms with Crippen LogP contribution >= 0.6 is 0 Å². The van der Waals surface area contributed by atoms with E-state index in [4.69, 9.17) is 5.73 Å². The van der Waals surface area contributed by atoms with E-state index < -0.39 is 0 Å². The van der Waals surface area contributed by atoms with Crippen LogP contribution < -0.4 is 5.73 Å². The normalized spacial score (nSPS) is 13.1. The summed E-state index contributed by atoms with van der Waals surface area (Å²) in [5.41, 5.74) is 13.5. The SMILES string of the molecule is Cc1cc(N)ccc1-c1ccc2c3c(cccc13)CC2. The molecule has 98 valence electrons. The van der Waals surface area contributed by atoms with Crippen molar-refractivity contribution in [2.75, 3.05) is 5.73 Å². The van der Waals surface area contributed by atoms with Crippen molar-refractivity contribution < 1.29 is 0 Å². The Morgan fingerprint density at radius 3 is 2.40 bits per heavy atom. The van der Waals surface area contributed by atoms with Crippen molar-refractivity contribution >= 4 is 16.5 Å². The van der Waals surface area contributed by atoms with Gasteiger partial charge >= 0.3 is 0 Å². The summed E-state index contributed by atoms with van der Waals surface area (Å²) in [4.78, 5) is 0. The lowest BCUT2D eigenvalue weighted by molar-refractivity contribution is 1.02. The topological polar surface area (TPSA) is 26.0 Å². The van der Waals surface area contributed by atoms with Crippen LogP contribution in [0.1, 0.15) is 16.7 Å². The predicted octanol–water partition coefficient (Wildman–Crippen LogP) is 4.50. The fraction of sp³-hybridized carbons (Fsp3) is 0.158. The second kappa shape index (κ2) is 4.11. The fourth-order valence-corrected chi connectivity index (χ4v) is 3.47. The van der Waals surface area contributed by atoms with Gasteiger partial charge in [0.2, 0.25) is 0 Å². The number of benzene rings is 3. The number of hydrogen-bond donors (Lipinski definition) is 1. The van der Waals surface area contributed by atoms with Crippen LogP contribution in [0.25, 0.3) is 21.9 Å². The molecule has 20 heavy (non-hydrogen) atoms. The minimum atomic E-state index is 0.831. The summed E-state index contributed by atoms with van der Waals surface area (Å²) >= 11 is 0. The van der Waals surface area contributed by atoms with Crippen LogP contribution in [0, 0.1) is 6.92 Å². The molecule has 1 heteroatoms. The molecule has 1 nitrogen and oxygen atoms in total. The average molecular weight is 259 g/mol. The van der Waals surface area contributed by atoms with Gasteiger partial charge in [-0.15, -0.1) is 0 Å². The number of aryl methyl sites for hydroxylation is 3. The van der Waals surface area contributed by atoms with Crippen molar-refractivity contribution in [2.45, 2.75) is 19.8 Å². The molecule has 4 rings (SSSR count). The van der Waals surface area contributed by atoms with Crippen molar-refractivity contribution in [1.29, 1.82) is 0 Å². The molecule has 1 aliphatic carbocycles. The molecule has 2 N–H and O–H groups in total. The Labute approximate surface area is 119 Å². The van der Waals surface area contributed by atoms with Crippen molar-refractivity contribution in [3.63, 3.8) is 0 Å². The Morgan fingerprint density at radius 2 is 1.60 bits per heavy atom. The van der Waals surface area contributed by atoms with Gasteiger partial charge in [0.15, 0.2) is 0 Å². The monoisotopic (exact) mass is 259 g/mol. The van der Waals surface area contributed by atoms with Gasteiger partial charge in [-0.25, -0.2) is 0 Å². The van der Waals surface area contributed by atoms with Gasteiger partial charge in [-0.1, -0.05) is 36.4 Å². The first-order valence-corrected chi connectivity index (χ1v) is 7.14. The molecule has 0 radical (unpaired) electrons. The molecule has 0 saturated heterocycles. The summed E-state index contributed by atoms with van der Waals surface area (Å²) in [5.74, 6) is 0. The van der Waals surface area contributed by atoms with Crippen molar-refractivity contribution in [1.82, 2.24) is 0 Å². The molecule has 0 heterocycles. The van der Waals surface area contributed by atoms with Crippen molar-refractivity contribution in [2.24, 2.45) is 0 Å². The highest BCUT2D eigenvalue weighted by molar-refractivity contribution is 6.02. The molecular formula is C19H17N. The van der Waals surface area contributed by atoms with Crippen LogP contribution in [0.15, 0.2) is 48.5 Å². The molecule has 3 aromatic rings. The summed E-state index contributed by atoms with van der Waals surface area (Å²) in [6.07, 6.45) is 2.35. The Kier molecular flexibility index (Phi) is 2.37. The van der Waals surface area contributed by atoms with E-state index in [1.807, 2.05) is 6.07 Å².